The molecule has 0 saturated carbocycles. The number of hydrogen-bond acceptors (Lipinski definition) is 6. The van der Waals surface area contributed by atoms with E-state index in [0.29, 0.717) is 36.9 Å². The van der Waals surface area contributed by atoms with Crippen LogP contribution in [0.2, 0.25) is 0 Å². The van der Waals surface area contributed by atoms with Crippen LogP contribution < -0.4 is 14.2 Å². The van der Waals surface area contributed by atoms with E-state index in [1.165, 1.54) is 0 Å². The fourth-order valence-corrected chi connectivity index (χ4v) is 2.74. The molecule has 0 aliphatic carbocycles. The Kier molecular flexibility index (Phi) is 6.24. The first-order valence-corrected chi connectivity index (χ1v) is 7.86. The molecule has 0 aromatic heterocycles. The topological polar surface area (TPSA) is 57.2 Å². The first-order chi connectivity index (χ1) is 11.1. The number of methoxy groups -OCH3 is 2. The summed E-state index contributed by atoms with van der Waals surface area (Å²) in [5.74, 6) is 1.02. The number of ether oxygens (including phenoxy) is 4. The third kappa shape index (κ3) is 4.14. The molecule has 2 rings (SSSR count). The molecule has 1 aromatic carbocycles. The minimum Gasteiger partial charge on any atom is -0.493 e. The molecule has 0 spiro atoms. The van der Waals surface area contributed by atoms with Gasteiger partial charge >= 0.3 is 5.97 Å². The molecule has 1 aliphatic rings. The average Bonchev–Trinajstić information content (AvgIpc) is 2.57. The highest BCUT2D eigenvalue weighted by molar-refractivity contribution is 5.80. The number of esters is 1. The maximum atomic E-state index is 12.6. The van der Waals surface area contributed by atoms with Crippen LogP contribution in [0.25, 0.3) is 0 Å². The van der Waals surface area contributed by atoms with Crippen LogP contribution in [0.5, 0.6) is 17.2 Å². The van der Waals surface area contributed by atoms with Gasteiger partial charge in [0.15, 0.2) is 11.5 Å². The van der Waals surface area contributed by atoms with Crippen molar-refractivity contribution in [1.82, 2.24) is 4.90 Å². The number of morpholine rings is 1. The normalized spacial score (nSPS) is 16.7. The van der Waals surface area contributed by atoms with Crippen molar-refractivity contribution in [2.24, 2.45) is 0 Å². The zero-order valence-electron chi connectivity index (χ0n) is 14.3. The molecule has 1 aromatic rings. The Hall–Kier alpha value is -1.79. The molecule has 6 heteroatoms. The van der Waals surface area contributed by atoms with Crippen LogP contribution in [0.1, 0.15) is 18.9 Å². The SMILES string of the molecule is CC[C@H](C(=O)Oc1c(OC)cc(C)cc1OC)N1CCOCC1. The zero-order chi connectivity index (χ0) is 16.8. The maximum Gasteiger partial charge on any atom is 0.329 e. The molecule has 0 bridgehead atoms. The molecule has 1 aliphatic heterocycles. The van der Waals surface area contributed by atoms with Crippen LogP contribution in [0.3, 0.4) is 0 Å². The van der Waals surface area contributed by atoms with Gasteiger partial charge in [0.25, 0.3) is 0 Å². The highest BCUT2D eigenvalue weighted by Crippen LogP contribution is 2.38. The summed E-state index contributed by atoms with van der Waals surface area (Å²) in [7, 11) is 3.09. The van der Waals surface area contributed by atoms with Crippen LogP contribution >= 0.6 is 0 Å². The number of hydrogen-bond donors (Lipinski definition) is 0. The summed E-state index contributed by atoms with van der Waals surface area (Å²) in [6.45, 7) is 6.65. The van der Waals surface area contributed by atoms with E-state index >= 15 is 0 Å². The largest absolute Gasteiger partial charge is 0.493 e. The molecule has 0 N–H and O–H groups in total. The van der Waals surface area contributed by atoms with Crippen LogP contribution in [0, 0.1) is 6.92 Å². The number of carbonyl (C=O) groups is 1. The second-order valence-corrected chi connectivity index (χ2v) is 5.49. The van der Waals surface area contributed by atoms with Crippen LogP contribution in [0.15, 0.2) is 12.1 Å². The fourth-order valence-electron chi connectivity index (χ4n) is 2.74. The molecule has 6 nitrogen and oxygen atoms in total. The predicted octanol–water partition coefficient (Wildman–Crippen LogP) is 2.03. The van der Waals surface area contributed by atoms with Gasteiger partial charge < -0.3 is 18.9 Å². The van der Waals surface area contributed by atoms with Crippen molar-refractivity contribution in [1.29, 1.82) is 0 Å². The molecule has 0 radical (unpaired) electrons. The Morgan fingerprint density at radius 2 is 1.78 bits per heavy atom. The van der Waals surface area contributed by atoms with Crippen LogP contribution in [-0.2, 0) is 9.53 Å². The lowest BCUT2D eigenvalue weighted by Crippen LogP contribution is -2.48. The molecular weight excluding hydrogens is 298 g/mol. The minimum atomic E-state index is -0.297. The van der Waals surface area contributed by atoms with Crippen LogP contribution in [-0.4, -0.2) is 57.4 Å². The number of aryl methyl sites for hydroxylation is 1. The molecule has 128 valence electrons. The molecular formula is C17H25NO5. The molecule has 1 heterocycles. The summed E-state index contributed by atoms with van der Waals surface area (Å²) in [5, 5.41) is 0. The van der Waals surface area contributed by atoms with Crippen molar-refractivity contribution < 1.29 is 23.7 Å². The lowest BCUT2D eigenvalue weighted by Gasteiger charge is -2.32. The first kappa shape index (κ1) is 17.6. The van der Waals surface area contributed by atoms with Gasteiger partial charge in [-0.15, -0.1) is 0 Å². The summed E-state index contributed by atoms with van der Waals surface area (Å²) in [5.41, 5.74) is 0.971. The number of carbonyl (C=O) groups excluding carboxylic acids is 1. The second kappa shape index (κ2) is 8.17. The van der Waals surface area contributed by atoms with Crippen molar-refractivity contribution in [3.63, 3.8) is 0 Å². The summed E-state index contributed by atoms with van der Waals surface area (Å²) in [6, 6.07) is 3.34. The van der Waals surface area contributed by atoms with Gasteiger partial charge in [-0.3, -0.25) is 4.90 Å². The average molecular weight is 323 g/mol. The highest BCUT2D eigenvalue weighted by Gasteiger charge is 2.29. The smallest absolute Gasteiger partial charge is 0.329 e. The predicted molar refractivity (Wildman–Crippen MR) is 86.4 cm³/mol. The monoisotopic (exact) mass is 323 g/mol. The van der Waals surface area contributed by atoms with Gasteiger partial charge in [0.1, 0.15) is 6.04 Å². The Bertz CT molecular complexity index is 515. The molecule has 0 unspecified atom stereocenters. The fraction of sp³-hybridized carbons (Fsp3) is 0.588. The van der Waals surface area contributed by atoms with E-state index in [9.17, 15) is 4.79 Å². The summed E-state index contributed by atoms with van der Waals surface area (Å²) in [6.07, 6.45) is 0.676. The minimum absolute atomic E-state index is 0.296. The quantitative estimate of drug-likeness (QED) is 0.590. The van der Waals surface area contributed by atoms with E-state index < -0.39 is 0 Å². The van der Waals surface area contributed by atoms with E-state index in [4.69, 9.17) is 18.9 Å². The Morgan fingerprint density at radius 3 is 2.26 bits per heavy atom. The van der Waals surface area contributed by atoms with Gasteiger partial charge in [-0.2, -0.15) is 0 Å². The van der Waals surface area contributed by atoms with Crippen molar-refractivity contribution >= 4 is 5.97 Å². The molecule has 1 fully saturated rings. The van der Waals surface area contributed by atoms with Crippen molar-refractivity contribution in [3.8, 4) is 17.2 Å². The third-order valence-electron chi connectivity index (χ3n) is 3.95. The van der Waals surface area contributed by atoms with Gasteiger partial charge in [0, 0.05) is 13.1 Å². The molecule has 23 heavy (non-hydrogen) atoms. The van der Waals surface area contributed by atoms with Gasteiger partial charge in [-0.05, 0) is 31.0 Å². The summed E-state index contributed by atoms with van der Waals surface area (Å²) >= 11 is 0. The number of rotatable bonds is 6. The Morgan fingerprint density at radius 1 is 1.22 bits per heavy atom. The van der Waals surface area contributed by atoms with Crippen molar-refractivity contribution in [3.05, 3.63) is 17.7 Å². The zero-order valence-corrected chi connectivity index (χ0v) is 14.3. The van der Waals surface area contributed by atoms with Gasteiger partial charge in [-0.1, -0.05) is 6.92 Å². The Labute approximate surface area is 137 Å². The number of benzene rings is 1. The van der Waals surface area contributed by atoms with Crippen molar-refractivity contribution in [2.45, 2.75) is 26.3 Å². The molecule has 0 amide bonds. The summed E-state index contributed by atoms with van der Waals surface area (Å²) < 4.78 is 21.7. The van der Waals surface area contributed by atoms with Gasteiger partial charge in [0.05, 0.1) is 27.4 Å². The van der Waals surface area contributed by atoms with E-state index in [1.54, 1.807) is 14.2 Å². The highest BCUT2D eigenvalue weighted by atomic mass is 16.6. The van der Waals surface area contributed by atoms with Crippen molar-refractivity contribution in [2.75, 3.05) is 40.5 Å². The van der Waals surface area contributed by atoms with Gasteiger partial charge in [-0.25, -0.2) is 4.79 Å². The van der Waals surface area contributed by atoms with Gasteiger partial charge in [0.2, 0.25) is 5.75 Å². The van der Waals surface area contributed by atoms with E-state index in [0.717, 1.165) is 18.7 Å². The first-order valence-electron chi connectivity index (χ1n) is 7.86. The lowest BCUT2D eigenvalue weighted by atomic mass is 10.1. The maximum absolute atomic E-state index is 12.6. The van der Waals surface area contributed by atoms with E-state index in [2.05, 4.69) is 4.90 Å². The third-order valence-corrected chi connectivity index (χ3v) is 3.95. The molecule has 1 saturated heterocycles. The van der Waals surface area contributed by atoms with Crippen LogP contribution in [0.4, 0.5) is 0 Å². The standard InChI is InChI=1S/C17H25NO5/c1-5-13(18-6-8-22-9-7-18)17(19)23-16-14(20-3)10-12(2)11-15(16)21-4/h10-11,13H,5-9H2,1-4H3/t13-/m1/s1. The van der Waals surface area contributed by atoms with E-state index in [-0.39, 0.29) is 12.0 Å². The number of nitrogens with zero attached hydrogens (tertiary/aromatic N) is 1. The lowest BCUT2D eigenvalue weighted by molar-refractivity contribution is -0.142. The summed E-state index contributed by atoms with van der Waals surface area (Å²) in [4.78, 5) is 14.7. The Balaban J connectivity index is 2.21. The van der Waals surface area contributed by atoms with E-state index in [1.807, 2.05) is 26.0 Å². The molecule has 1 atom stereocenters. The second-order valence-electron chi connectivity index (χ2n) is 5.49.